The van der Waals surface area contributed by atoms with Crippen molar-refractivity contribution in [3.63, 3.8) is 0 Å². The Labute approximate surface area is 210 Å². The first-order valence-corrected chi connectivity index (χ1v) is 12.4. The lowest BCUT2D eigenvalue weighted by molar-refractivity contribution is -0.626. The van der Waals surface area contributed by atoms with Crippen LogP contribution in [0.15, 0.2) is 77.8 Å². The van der Waals surface area contributed by atoms with Gasteiger partial charge in [-0.3, -0.25) is 0 Å². The van der Waals surface area contributed by atoms with Crippen molar-refractivity contribution in [2.75, 3.05) is 31.2 Å². The van der Waals surface area contributed by atoms with Gasteiger partial charge >= 0.3 is 5.84 Å². The van der Waals surface area contributed by atoms with Crippen LogP contribution in [0.5, 0.6) is 0 Å². The van der Waals surface area contributed by atoms with E-state index >= 15 is 0 Å². The Kier molecular flexibility index (Phi) is 5.56. The minimum Gasteiger partial charge on any atom is -0.692 e. The van der Waals surface area contributed by atoms with E-state index in [1.807, 2.05) is 66.4 Å². The number of aryl methyl sites for hydroxylation is 1. The van der Waals surface area contributed by atoms with Crippen LogP contribution in [0, 0.1) is 12.1 Å². The van der Waals surface area contributed by atoms with Gasteiger partial charge in [0.1, 0.15) is 11.4 Å². The number of hydrogen-bond acceptors (Lipinski definition) is 7. The molecule has 0 amide bonds. The van der Waals surface area contributed by atoms with Gasteiger partial charge in [0.2, 0.25) is 0 Å². The lowest BCUT2D eigenvalue weighted by Gasteiger charge is -2.32. The molecule has 2 N–H and O–H groups in total. The maximum absolute atomic E-state index is 13.8. The van der Waals surface area contributed by atoms with Crippen LogP contribution in [-0.2, 0) is 6.42 Å². The van der Waals surface area contributed by atoms with Crippen molar-refractivity contribution in [1.82, 2.24) is 14.9 Å². The lowest BCUT2D eigenvalue weighted by Crippen LogP contribution is -2.44. The molecule has 6 rings (SSSR count). The van der Waals surface area contributed by atoms with Crippen molar-refractivity contribution in [3.05, 3.63) is 100 Å². The van der Waals surface area contributed by atoms with Crippen molar-refractivity contribution in [2.24, 2.45) is 10.7 Å². The Morgan fingerprint density at radius 1 is 0.972 bits per heavy atom. The third-order valence-electron chi connectivity index (χ3n) is 6.92. The van der Waals surface area contributed by atoms with Crippen LogP contribution in [-0.4, -0.2) is 57.8 Å². The van der Waals surface area contributed by atoms with Gasteiger partial charge < -0.3 is 15.8 Å². The number of nitrogens with zero attached hydrogens (tertiary/aromatic N) is 6. The zero-order chi connectivity index (χ0) is 24.6. The topological polar surface area (TPSA) is 87.1 Å². The van der Waals surface area contributed by atoms with Gasteiger partial charge in [0, 0.05) is 24.3 Å². The highest BCUT2D eigenvalue weighted by molar-refractivity contribution is 6.33. The van der Waals surface area contributed by atoms with E-state index in [9.17, 15) is 5.21 Å². The molecule has 0 saturated carbocycles. The average Bonchev–Trinajstić information content (AvgIpc) is 3.19. The summed E-state index contributed by atoms with van der Waals surface area (Å²) in [7, 11) is 0. The van der Waals surface area contributed by atoms with Crippen molar-refractivity contribution < 1.29 is 4.85 Å². The van der Waals surface area contributed by atoms with Crippen molar-refractivity contribution >= 4 is 28.9 Å². The minimum atomic E-state index is 0.324. The molecule has 1 aromatic heterocycles. The van der Waals surface area contributed by atoms with E-state index in [2.05, 4.69) is 23.1 Å². The van der Waals surface area contributed by atoms with Crippen molar-refractivity contribution in [2.45, 2.75) is 19.8 Å². The van der Waals surface area contributed by atoms with Gasteiger partial charge in [0.15, 0.2) is 6.67 Å². The van der Waals surface area contributed by atoms with Crippen LogP contribution in [0.3, 0.4) is 0 Å². The van der Waals surface area contributed by atoms with Crippen LogP contribution < -0.4 is 10.6 Å². The molecular formula is C28H29N7O. The molecule has 4 heterocycles. The van der Waals surface area contributed by atoms with Crippen molar-refractivity contribution in [1.29, 1.82) is 0 Å². The van der Waals surface area contributed by atoms with Gasteiger partial charge in [-0.1, -0.05) is 60.7 Å². The van der Waals surface area contributed by atoms with E-state index in [4.69, 9.17) is 15.7 Å². The number of pyridine rings is 1. The Bertz CT molecular complexity index is 1380. The quantitative estimate of drug-likeness (QED) is 0.431. The number of anilines is 1. The smallest absolute Gasteiger partial charge is 0.318 e. The second-order valence-corrected chi connectivity index (χ2v) is 9.39. The molecule has 0 radical (unpaired) electrons. The van der Waals surface area contributed by atoms with Gasteiger partial charge in [-0.05, 0) is 43.0 Å². The predicted octanol–water partition coefficient (Wildman–Crippen LogP) is 3.44. The first kappa shape index (κ1) is 22.2. The molecule has 0 atom stereocenters. The van der Waals surface area contributed by atoms with E-state index in [-0.39, 0.29) is 0 Å². The molecule has 1 fully saturated rings. The molecule has 3 aliphatic heterocycles. The third-order valence-corrected chi connectivity index (χ3v) is 6.92. The summed E-state index contributed by atoms with van der Waals surface area (Å²) in [5.74, 6) is 1.76. The Morgan fingerprint density at radius 3 is 2.39 bits per heavy atom. The van der Waals surface area contributed by atoms with Crippen LogP contribution in [0.1, 0.15) is 28.8 Å². The van der Waals surface area contributed by atoms with E-state index in [0.717, 1.165) is 52.6 Å². The number of guanidine groups is 1. The van der Waals surface area contributed by atoms with Crippen LogP contribution >= 0.6 is 0 Å². The number of nitrogens with two attached hydrogens (primary N) is 1. The average molecular weight is 480 g/mol. The normalized spacial score (nSPS) is 17.4. The zero-order valence-electron chi connectivity index (χ0n) is 20.3. The zero-order valence-corrected chi connectivity index (χ0v) is 20.3. The molecule has 36 heavy (non-hydrogen) atoms. The van der Waals surface area contributed by atoms with Crippen LogP contribution in [0.2, 0.25) is 0 Å². The Balaban J connectivity index is 1.47. The van der Waals surface area contributed by atoms with E-state index in [1.54, 1.807) is 5.01 Å². The molecule has 0 aliphatic carbocycles. The van der Waals surface area contributed by atoms with Crippen LogP contribution in [0.25, 0.3) is 11.3 Å². The number of rotatable bonds is 6. The Morgan fingerprint density at radius 2 is 1.69 bits per heavy atom. The highest BCUT2D eigenvalue weighted by Crippen LogP contribution is 2.36. The molecule has 0 spiro atoms. The van der Waals surface area contributed by atoms with Gasteiger partial charge in [-0.15, -0.1) is 0 Å². The summed E-state index contributed by atoms with van der Waals surface area (Å²) in [4.78, 5) is 14.7. The number of hydrazine groups is 1. The fourth-order valence-electron chi connectivity index (χ4n) is 4.91. The van der Waals surface area contributed by atoms with Crippen molar-refractivity contribution in [3.8, 4) is 0 Å². The first-order chi connectivity index (χ1) is 17.6. The van der Waals surface area contributed by atoms with E-state index < -0.39 is 0 Å². The monoisotopic (exact) mass is 479 g/mol. The third kappa shape index (κ3) is 3.94. The van der Waals surface area contributed by atoms with Gasteiger partial charge in [0.05, 0.1) is 12.2 Å². The lowest BCUT2D eigenvalue weighted by atomic mass is 9.96. The second kappa shape index (κ2) is 9.03. The highest BCUT2D eigenvalue weighted by Gasteiger charge is 2.44. The summed E-state index contributed by atoms with van der Waals surface area (Å²) in [5.41, 5.74) is 11.9. The number of aromatic nitrogens is 1. The maximum Gasteiger partial charge on any atom is 0.318 e. The maximum atomic E-state index is 13.8. The van der Waals surface area contributed by atoms with Gasteiger partial charge in [-0.25, -0.2) is 9.99 Å². The molecule has 2 aromatic carbocycles. The number of fused-ring (bicyclic) bond motifs is 1. The summed E-state index contributed by atoms with van der Waals surface area (Å²) < 4.78 is 0. The Hall–Kier alpha value is -4.33. The van der Waals surface area contributed by atoms with E-state index in [0.29, 0.717) is 30.7 Å². The number of hydrogen-bond donors (Lipinski definition) is 1. The van der Waals surface area contributed by atoms with Crippen LogP contribution in [0.4, 0.5) is 5.82 Å². The molecule has 182 valence electrons. The summed E-state index contributed by atoms with van der Waals surface area (Å²) >= 11 is 0. The molecule has 8 nitrogen and oxygen atoms in total. The minimum absolute atomic E-state index is 0.324. The molecule has 3 aliphatic rings. The first-order valence-electron chi connectivity index (χ1n) is 12.4. The number of benzene rings is 2. The summed E-state index contributed by atoms with van der Waals surface area (Å²) in [5, 5.41) is 15.6. The molecule has 0 bridgehead atoms. The standard InChI is InChI=1S/C28H29N7O/c1-20-17-23(18-24(30-20)32-14-8-15-32)25-26(22-11-6-3-7-12-22)31-28(29)34-19-33(35(36)27(25)34)16-13-21-9-4-2-5-10-21/h2-7,9-12,17-18H,8,13-16,19H2,1H3,(H2,29,31). The summed E-state index contributed by atoms with van der Waals surface area (Å²) in [6.07, 6.45) is 1.93. The fourth-order valence-corrected chi connectivity index (χ4v) is 4.91. The largest absolute Gasteiger partial charge is 0.692 e. The molecule has 0 unspecified atom stereocenters. The summed E-state index contributed by atoms with van der Waals surface area (Å²) in [6.45, 7) is 4.91. The van der Waals surface area contributed by atoms with Gasteiger partial charge in [0.25, 0.3) is 5.96 Å². The molecule has 1 saturated heterocycles. The highest BCUT2D eigenvalue weighted by atomic mass is 16.5. The molecule has 8 heteroatoms. The second-order valence-electron chi connectivity index (χ2n) is 9.39. The predicted molar refractivity (Wildman–Crippen MR) is 143 cm³/mol. The SMILES string of the molecule is Cc1cc(C2=C(c3ccccc3)N=C(N)N3CN(CCc4ccccc4)[N+]([O-])=C23)cc(N2CCC2)n1. The fraction of sp³-hybridized carbons (Fsp3) is 0.250. The van der Waals surface area contributed by atoms with E-state index in [1.165, 1.54) is 12.0 Å². The van der Waals surface area contributed by atoms with Gasteiger partial charge in [-0.2, -0.15) is 14.7 Å². The molecular weight excluding hydrogens is 450 g/mol. The number of aliphatic imine (C=N–C) groups is 1. The molecule has 3 aromatic rings. The number of hydrazone groups is 1. The summed E-state index contributed by atoms with van der Waals surface area (Å²) in [6, 6.07) is 24.2. The number of amidine groups is 1.